The summed E-state index contributed by atoms with van der Waals surface area (Å²) in [5.74, 6) is 0.817. The van der Waals surface area contributed by atoms with Crippen LogP contribution in [-0.2, 0) is 22.7 Å². The summed E-state index contributed by atoms with van der Waals surface area (Å²) < 4.78 is 12.7. The first-order valence-electron chi connectivity index (χ1n) is 12.0. The van der Waals surface area contributed by atoms with Crippen LogP contribution in [0.2, 0.25) is 0 Å². The minimum Gasteiger partial charge on any atom is -0.496 e. The SMILES string of the molecule is COc1ccccc1CN(C(=O)Cn1nnc2ccccc21)[C@H](C(=O)NCCC(C)C)c1ccco1. The van der Waals surface area contributed by atoms with Crippen molar-refractivity contribution in [2.24, 2.45) is 5.92 Å². The molecular formula is C27H31N5O4. The molecule has 1 atom stereocenters. The van der Waals surface area contributed by atoms with E-state index in [2.05, 4.69) is 29.5 Å². The lowest BCUT2D eigenvalue weighted by Crippen LogP contribution is -2.45. The summed E-state index contributed by atoms with van der Waals surface area (Å²) in [5.41, 5.74) is 2.19. The van der Waals surface area contributed by atoms with Crippen LogP contribution >= 0.6 is 0 Å². The molecule has 2 aromatic carbocycles. The van der Waals surface area contributed by atoms with E-state index in [1.807, 2.05) is 48.5 Å². The summed E-state index contributed by atoms with van der Waals surface area (Å²) in [6, 6.07) is 17.3. The van der Waals surface area contributed by atoms with E-state index in [9.17, 15) is 9.59 Å². The number of fused-ring (bicyclic) bond motifs is 1. The molecule has 0 aliphatic heterocycles. The maximum atomic E-state index is 13.9. The number of nitrogens with zero attached hydrogens (tertiary/aromatic N) is 4. The number of methoxy groups -OCH3 is 1. The van der Waals surface area contributed by atoms with Gasteiger partial charge < -0.3 is 19.4 Å². The Hall–Kier alpha value is -4.14. The number of amides is 2. The first-order valence-corrected chi connectivity index (χ1v) is 12.0. The summed E-state index contributed by atoms with van der Waals surface area (Å²) in [6.45, 7) is 4.73. The molecule has 2 aromatic heterocycles. The number of aromatic nitrogens is 3. The highest BCUT2D eigenvalue weighted by Gasteiger charge is 2.34. The molecule has 0 saturated carbocycles. The van der Waals surface area contributed by atoms with E-state index >= 15 is 0 Å². The lowest BCUT2D eigenvalue weighted by molar-refractivity contribution is -0.143. The third-order valence-electron chi connectivity index (χ3n) is 5.95. The second-order valence-corrected chi connectivity index (χ2v) is 8.96. The van der Waals surface area contributed by atoms with Crippen molar-refractivity contribution in [2.45, 2.75) is 39.4 Å². The van der Waals surface area contributed by atoms with Gasteiger partial charge in [0, 0.05) is 12.1 Å². The van der Waals surface area contributed by atoms with E-state index in [-0.39, 0.29) is 24.9 Å². The standard InChI is InChI=1S/C27H31N5O4/c1-19(2)14-15-28-27(34)26(24-13-8-16-36-24)31(17-20-9-4-7-12-23(20)35-3)25(33)18-32-22-11-6-5-10-21(22)29-30-32/h4-13,16,19,26H,14-15,17-18H2,1-3H3,(H,28,34)/t26-/m0/s1. The first-order chi connectivity index (χ1) is 17.5. The Balaban J connectivity index is 1.70. The van der Waals surface area contributed by atoms with Crippen molar-refractivity contribution >= 4 is 22.8 Å². The minimum absolute atomic E-state index is 0.0911. The molecule has 1 N–H and O–H groups in total. The van der Waals surface area contributed by atoms with Gasteiger partial charge in [-0.15, -0.1) is 5.10 Å². The van der Waals surface area contributed by atoms with Gasteiger partial charge in [-0.2, -0.15) is 0 Å². The summed E-state index contributed by atoms with van der Waals surface area (Å²) in [5, 5.41) is 11.3. The van der Waals surface area contributed by atoms with Crippen molar-refractivity contribution in [3.63, 3.8) is 0 Å². The highest BCUT2D eigenvalue weighted by atomic mass is 16.5. The van der Waals surface area contributed by atoms with E-state index in [0.717, 1.165) is 17.5 Å². The molecule has 0 bridgehead atoms. The second-order valence-electron chi connectivity index (χ2n) is 8.96. The number of carbonyl (C=O) groups excluding carboxylic acids is 2. The van der Waals surface area contributed by atoms with Crippen LogP contribution in [-0.4, -0.2) is 45.4 Å². The highest BCUT2D eigenvalue weighted by Crippen LogP contribution is 2.28. The molecule has 4 aromatic rings. The third kappa shape index (κ3) is 5.73. The van der Waals surface area contributed by atoms with Crippen LogP contribution in [0.5, 0.6) is 5.75 Å². The summed E-state index contributed by atoms with van der Waals surface area (Å²) in [4.78, 5) is 28.9. The van der Waals surface area contributed by atoms with Gasteiger partial charge in [0.15, 0.2) is 6.04 Å². The van der Waals surface area contributed by atoms with E-state index in [1.165, 1.54) is 11.2 Å². The quantitative estimate of drug-likeness (QED) is 0.342. The van der Waals surface area contributed by atoms with Crippen LogP contribution in [0.25, 0.3) is 11.0 Å². The normalized spacial score (nSPS) is 12.0. The fraction of sp³-hybridized carbons (Fsp3) is 0.333. The average molecular weight is 490 g/mol. The van der Waals surface area contributed by atoms with E-state index in [4.69, 9.17) is 9.15 Å². The molecule has 0 saturated heterocycles. The molecule has 0 fully saturated rings. The van der Waals surface area contributed by atoms with Crippen LogP contribution < -0.4 is 10.1 Å². The van der Waals surface area contributed by atoms with Crippen molar-refractivity contribution in [3.8, 4) is 5.75 Å². The molecule has 0 radical (unpaired) electrons. The molecular weight excluding hydrogens is 458 g/mol. The molecule has 36 heavy (non-hydrogen) atoms. The lowest BCUT2D eigenvalue weighted by atomic mass is 10.1. The van der Waals surface area contributed by atoms with E-state index in [0.29, 0.717) is 29.5 Å². The number of benzene rings is 2. The molecule has 0 spiro atoms. The molecule has 2 amide bonds. The minimum atomic E-state index is -0.973. The molecule has 0 unspecified atom stereocenters. The average Bonchev–Trinajstić information content (AvgIpc) is 3.54. The maximum absolute atomic E-state index is 13.9. The predicted octanol–water partition coefficient (Wildman–Crippen LogP) is 3.97. The number of nitrogens with one attached hydrogen (secondary N) is 1. The molecule has 4 rings (SSSR count). The molecule has 188 valence electrons. The van der Waals surface area contributed by atoms with Gasteiger partial charge in [0.05, 0.1) is 25.4 Å². The van der Waals surface area contributed by atoms with Crippen molar-refractivity contribution < 1.29 is 18.7 Å². The molecule has 0 aliphatic rings. The van der Waals surface area contributed by atoms with Crippen molar-refractivity contribution in [1.29, 1.82) is 0 Å². The Bertz CT molecular complexity index is 1300. The maximum Gasteiger partial charge on any atom is 0.250 e. The number of hydrogen-bond acceptors (Lipinski definition) is 6. The largest absolute Gasteiger partial charge is 0.496 e. The highest BCUT2D eigenvalue weighted by molar-refractivity contribution is 5.88. The molecule has 2 heterocycles. The van der Waals surface area contributed by atoms with Gasteiger partial charge in [-0.05, 0) is 42.7 Å². The number of furan rings is 1. The Labute approximate surface area is 210 Å². The summed E-state index contributed by atoms with van der Waals surface area (Å²) in [7, 11) is 1.58. The summed E-state index contributed by atoms with van der Waals surface area (Å²) >= 11 is 0. The lowest BCUT2D eigenvalue weighted by Gasteiger charge is -2.30. The van der Waals surface area contributed by atoms with E-state index < -0.39 is 6.04 Å². The van der Waals surface area contributed by atoms with Crippen LogP contribution in [0, 0.1) is 5.92 Å². The number of ether oxygens (including phenoxy) is 1. The number of rotatable bonds is 11. The van der Waals surface area contributed by atoms with Gasteiger partial charge in [-0.1, -0.05) is 49.4 Å². The van der Waals surface area contributed by atoms with Crippen LogP contribution in [0.3, 0.4) is 0 Å². The Morgan fingerprint density at radius 3 is 2.61 bits per heavy atom. The van der Waals surface area contributed by atoms with Crippen molar-refractivity contribution in [1.82, 2.24) is 25.2 Å². The monoisotopic (exact) mass is 489 g/mol. The van der Waals surface area contributed by atoms with Gasteiger partial charge in [0.2, 0.25) is 5.91 Å². The third-order valence-corrected chi connectivity index (χ3v) is 5.95. The van der Waals surface area contributed by atoms with Crippen LogP contribution in [0.15, 0.2) is 71.3 Å². The summed E-state index contributed by atoms with van der Waals surface area (Å²) in [6.07, 6.45) is 2.32. The van der Waals surface area contributed by atoms with Gasteiger partial charge in [0.1, 0.15) is 23.6 Å². The zero-order valence-electron chi connectivity index (χ0n) is 20.8. The van der Waals surface area contributed by atoms with Gasteiger partial charge in [-0.25, -0.2) is 4.68 Å². The topological polar surface area (TPSA) is 102 Å². The zero-order valence-corrected chi connectivity index (χ0v) is 20.8. The second kappa shape index (κ2) is 11.5. The van der Waals surface area contributed by atoms with Gasteiger partial charge in [0.25, 0.3) is 5.91 Å². The van der Waals surface area contributed by atoms with Gasteiger partial charge >= 0.3 is 0 Å². The van der Waals surface area contributed by atoms with Gasteiger partial charge in [-0.3, -0.25) is 9.59 Å². The fourth-order valence-corrected chi connectivity index (χ4v) is 4.05. The van der Waals surface area contributed by atoms with Crippen molar-refractivity contribution in [2.75, 3.05) is 13.7 Å². The van der Waals surface area contributed by atoms with Crippen molar-refractivity contribution in [3.05, 3.63) is 78.3 Å². The fourth-order valence-electron chi connectivity index (χ4n) is 4.05. The Morgan fingerprint density at radius 2 is 1.86 bits per heavy atom. The molecule has 9 heteroatoms. The van der Waals surface area contributed by atoms with E-state index in [1.54, 1.807) is 23.9 Å². The number of carbonyl (C=O) groups is 2. The number of para-hydroxylation sites is 2. The first kappa shape index (κ1) is 25.0. The Morgan fingerprint density at radius 1 is 1.08 bits per heavy atom. The molecule has 9 nitrogen and oxygen atoms in total. The Kier molecular flexibility index (Phi) is 7.99. The molecule has 0 aliphatic carbocycles. The zero-order chi connectivity index (χ0) is 25.5. The van der Waals surface area contributed by atoms with Crippen LogP contribution in [0.1, 0.15) is 37.6 Å². The number of hydrogen-bond donors (Lipinski definition) is 1. The van der Waals surface area contributed by atoms with Crippen LogP contribution in [0.4, 0.5) is 0 Å². The predicted molar refractivity (Wildman–Crippen MR) is 135 cm³/mol. The smallest absolute Gasteiger partial charge is 0.250 e.